The van der Waals surface area contributed by atoms with Crippen LogP contribution in [0.5, 0.6) is 0 Å². The molecule has 76 heavy (non-hydrogen) atoms. The molecule has 2 N–H and O–H groups in total. The largest absolute Gasteiger partial charge is 0.444 e. The molecule has 0 unspecified atom stereocenters. The van der Waals surface area contributed by atoms with Crippen molar-refractivity contribution in [1.29, 1.82) is 0 Å². The minimum absolute atomic E-state index is 0. The predicted octanol–water partition coefficient (Wildman–Crippen LogP) is 10.0. The zero-order valence-corrected chi connectivity index (χ0v) is 48.7. The lowest BCUT2D eigenvalue weighted by atomic mass is 9.92. The summed E-state index contributed by atoms with van der Waals surface area (Å²) in [6.45, 7) is 24.9. The van der Waals surface area contributed by atoms with Crippen molar-refractivity contribution in [1.82, 2.24) is 25.3 Å². The number of nitrogens with one attached hydrogen (secondary N) is 2. The van der Waals surface area contributed by atoms with E-state index < -0.39 is 45.9 Å². The Morgan fingerprint density at radius 2 is 1.07 bits per heavy atom. The summed E-state index contributed by atoms with van der Waals surface area (Å²) in [6, 6.07) is 7.11. The van der Waals surface area contributed by atoms with Gasteiger partial charge in [0.2, 0.25) is 11.8 Å². The van der Waals surface area contributed by atoms with Gasteiger partial charge >= 0.3 is 18.9 Å². The van der Waals surface area contributed by atoms with Gasteiger partial charge in [0.05, 0.1) is 26.9 Å². The molecule has 2 aromatic carbocycles. The Morgan fingerprint density at radius 3 is 1.45 bits per heavy atom. The number of alkyl halides is 4. The van der Waals surface area contributed by atoms with Crippen LogP contribution >= 0.6 is 35.9 Å². The number of fused-ring (bicyclic) bond motifs is 2. The van der Waals surface area contributed by atoms with E-state index in [0.717, 1.165) is 59.4 Å². The summed E-state index contributed by atoms with van der Waals surface area (Å²) in [7, 11) is 0. The van der Waals surface area contributed by atoms with Gasteiger partial charge in [-0.3, -0.25) is 28.8 Å². The molecule has 424 valence electrons. The molecule has 4 aliphatic rings. The Hall–Kier alpha value is -4.76. The van der Waals surface area contributed by atoms with E-state index >= 15 is 0 Å². The number of aryl methyl sites for hydroxylation is 2. The Labute approximate surface area is 460 Å². The van der Waals surface area contributed by atoms with Crippen molar-refractivity contribution >= 4 is 88.8 Å². The van der Waals surface area contributed by atoms with Crippen molar-refractivity contribution in [2.24, 2.45) is 0 Å². The fourth-order valence-electron chi connectivity index (χ4n) is 10.0. The van der Waals surface area contributed by atoms with Gasteiger partial charge in [-0.25, -0.2) is 4.79 Å². The molecule has 1 aliphatic carbocycles. The number of benzene rings is 2. The topological polar surface area (TPSA) is 169 Å². The summed E-state index contributed by atoms with van der Waals surface area (Å²) in [6.07, 6.45) is 0.200. The zero-order valence-electron chi connectivity index (χ0n) is 46.2. The molecular weight excluding hydrogens is 1050 g/mol. The number of carbonyl (C=O) groups is 7. The van der Waals surface area contributed by atoms with E-state index in [9.17, 15) is 51.1 Å². The number of carbonyl (C=O) groups excluding carboxylic acids is 7. The third-order valence-electron chi connectivity index (χ3n) is 13.6. The number of likely N-dealkylation sites (tertiary alicyclic amines) is 1. The smallest absolute Gasteiger partial charge is 0.410 e. The summed E-state index contributed by atoms with van der Waals surface area (Å²) in [5.41, 5.74) is 3.01. The first-order valence-corrected chi connectivity index (χ1v) is 27.6. The van der Waals surface area contributed by atoms with Crippen LogP contribution < -0.4 is 20.4 Å². The first-order valence-electron chi connectivity index (χ1n) is 25.9. The molecule has 1 atom stereocenters. The van der Waals surface area contributed by atoms with Gasteiger partial charge in [-0.05, 0) is 151 Å². The van der Waals surface area contributed by atoms with Crippen LogP contribution in [0.25, 0.3) is 0 Å². The van der Waals surface area contributed by atoms with Gasteiger partial charge in [-0.15, -0.1) is 35.9 Å². The predicted molar refractivity (Wildman–Crippen MR) is 293 cm³/mol. The summed E-state index contributed by atoms with van der Waals surface area (Å²) < 4.78 is 54.5. The lowest BCUT2D eigenvalue weighted by molar-refractivity contribution is -0.132. The number of amides is 7. The van der Waals surface area contributed by atoms with Crippen LogP contribution in [0.15, 0.2) is 34.1 Å². The van der Waals surface area contributed by atoms with E-state index in [2.05, 4.69) is 10.6 Å². The average Bonchev–Trinajstić information content (AvgIpc) is 3.30. The van der Waals surface area contributed by atoms with E-state index in [4.69, 9.17) is 4.74 Å². The summed E-state index contributed by atoms with van der Waals surface area (Å²) >= 11 is 2.80. The summed E-state index contributed by atoms with van der Waals surface area (Å²) in [4.78, 5) is 100.0. The molecule has 1 saturated heterocycles. The molecule has 0 radical (unpaired) electrons. The minimum atomic E-state index is -3.15. The maximum absolute atomic E-state index is 14.1. The maximum Gasteiger partial charge on any atom is 0.410 e. The highest BCUT2D eigenvalue weighted by molar-refractivity contribution is 8.02. The number of hydrogen-bond acceptors (Lipinski definition) is 10. The maximum atomic E-state index is 14.1. The molecule has 0 bridgehead atoms. The van der Waals surface area contributed by atoms with Gasteiger partial charge in [0.1, 0.15) is 5.60 Å². The lowest BCUT2D eigenvalue weighted by Crippen LogP contribution is -2.54. The molecule has 2 fully saturated rings. The second-order valence-electron chi connectivity index (χ2n) is 22.2. The molecule has 2 aromatic rings. The third-order valence-corrected chi connectivity index (χ3v) is 16.0. The van der Waals surface area contributed by atoms with Crippen LogP contribution in [-0.2, 0) is 23.9 Å². The Balaban J connectivity index is 0.000000330. The third kappa shape index (κ3) is 15.5. The van der Waals surface area contributed by atoms with Gasteiger partial charge < -0.3 is 39.9 Å². The number of halogens is 5. The van der Waals surface area contributed by atoms with Crippen LogP contribution in [-0.4, -0.2) is 148 Å². The van der Waals surface area contributed by atoms with E-state index in [0.29, 0.717) is 35.6 Å². The van der Waals surface area contributed by atoms with E-state index in [1.807, 2.05) is 93.2 Å². The highest BCUT2D eigenvalue weighted by Crippen LogP contribution is 2.48. The summed E-state index contributed by atoms with van der Waals surface area (Å²) in [5.74, 6) is -3.46. The fraction of sp³-hybridized carbons (Fsp3) is 0.648. The van der Waals surface area contributed by atoms with Gasteiger partial charge in [0.15, 0.2) is 0 Å². The number of thioether (sulfide) groups is 2. The summed E-state index contributed by atoms with van der Waals surface area (Å²) in [5, 5.41) is 4.32. The van der Waals surface area contributed by atoms with Crippen LogP contribution in [0.2, 0.25) is 0 Å². The van der Waals surface area contributed by atoms with Crippen LogP contribution in [0.4, 0.5) is 33.7 Å². The Kier molecular flexibility index (Phi) is 22.0. The molecular formula is C54H78ClF4N7O8S2. The van der Waals surface area contributed by atoms with Gasteiger partial charge in [0.25, 0.3) is 23.6 Å². The fourth-order valence-corrected chi connectivity index (χ4v) is 12.5. The van der Waals surface area contributed by atoms with Gasteiger partial charge in [-0.2, -0.15) is 17.6 Å². The Morgan fingerprint density at radius 1 is 0.671 bits per heavy atom. The van der Waals surface area contributed by atoms with Crippen molar-refractivity contribution in [3.63, 3.8) is 0 Å². The van der Waals surface area contributed by atoms with Crippen molar-refractivity contribution in [2.45, 2.75) is 197 Å². The molecule has 3 aliphatic heterocycles. The molecule has 22 heteroatoms. The number of nitrogens with zero attached hydrogens (tertiary/aromatic N) is 5. The van der Waals surface area contributed by atoms with Crippen molar-refractivity contribution in [3.8, 4) is 0 Å². The van der Waals surface area contributed by atoms with Crippen molar-refractivity contribution in [2.75, 3.05) is 49.1 Å². The standard InChI is InChI=1S/C29H42F2N4O5S.C25H35F2N3O3S.ClH/c1-17(2)35(19-10-9-12-33(16-19)27(39)40-28(4,5)6)25(37)20-15-21-22(14-18(20)3)41-29(7,8)26(38)34(21)13-11-32-24(36)23(30)31;1-15(2)30(17-9-7-6-8-10-17)23(32)18-14-19-20(13-16(18)3)34-25(4,5)24(33)29(19)12-11-28-22(31)21(26)27;/h14-15,17,19,23H,9-13,16H2,1-8H3,(H,32,36);13-15,17,21H,6-12H2,1-5H3,(H,28,31);1H/t19-;;/m1../s1. The highest BCUT2D eigenvalue weighted by atomic mass is 35.5. The normalized spacial score (nSPS) is 18.3. The molecule has 7 amide bonds. The highest BCUT2D eigenvalue weighted by Gasteiger charge is 2.43. The first kappa shape index (κ1) is 63.8. The van der Waals surface area contributed by atoms with Crippen LogP contribution in [0, 0.1) is 13.8 Å². The second kappa shape index (κ2) is 26.3. The molecule has 6 rings (SSSR count). The number of rotatable bonds is 14. The van der Waals surface area contributed by atoms with Crippen molar-refractivity contribution < 1.29 is 55.9 Å². The number of ether oxygens (including phenoxy) is 1. The second-order valence-corrected chi connectivity index (χ2v) is 25.5. The zero-order chi connectivity index (χ0) is 56.1. The first-order chi connectivity index (χ1) is 34.9. The van der Waals surface area contributed by atoms with Gasteiger partial charge in [-0.1, -0.05) is 19.3 Å². The minimum Gasteiger partial charge on any atom is -0.444 e. The number of anilines is 2. The molecule has 1 saturated carbocycles. The Bertz CT molecular complexity index is 2470. The molecule has 3 heterocycles. The van der Waals surface area contributed by atoms with E-state index in [-0.39, 0.29) is 86.4 Å². The number of piperidine rings is 1. The van der Waals surface area contributed by atoms with Crippen LogP contribution in [0.1, 0.15) is 153 Å². The lowest BCUT2D eigenvalue weighted by Gasteiger charge is -2.42. The monoisotopic (exact) mass is 1130 g/mol. The van der Waals surface area contributed by atoms with Gasteiger partial charge in [0, 0.05) is 78.3 Å². The molecule has 0 spiro atoms. The molecule has 0 aromatic heterocycles. The SMILES string of the molecule is Cc1cc2c(cc1C(=O)N(C(C)C)C1CCCCC1)N(CCNC(=O)C(F)F)C(=O)C(C)(C)S2.Cc1cc2c(cc1C(=O)N(C(C)C)[C@@H]1CCCN(C(=O)OC(C)(C)C)C1)N(CCNC(=O)C(F)F)C(=O)C(C)(C)S2.Cl. The van der Waals surface area contributed by atoms with Crippen LogP contribution in [0.3, 0.4) is 0 Å². The van der Waals surface area contributed by atoms with Crippen molar-refractivity contribution in [3.05, 3.63) is 46.5 Å². The van der Waals surface area contributed by atoms with E-state index in [1.54, 1.807) is 35.8 Å². The average molecular weight is 1130 g/mol. The quantitative estimate of drug-likeness (QED) is 0.174. The van der Waals surface area contributed by atoms with E-state index in [1.165, 1.54) is 39.7 Å². The number of hydrogen-bond donors (Lipinski definition) is 2. The molecule has 15 nitrogen and oxygen atoms in total.